The molecule has 55 heavy (non-hydrogen) atoms. The fraction of sp³-hybridized carbons (Fsp3) is 0. The highest BCUT2D eigenvalue weighted by atomic mass is 15.1. The number of nitrogens with zero attached hydrogens (tertiary/aromatic N) is 1. The van der Waals surface area contributed by atoms with Crippen LogP contribution in [0.2, 0.25) is 0 Å². The lowest BCUT2D eigenvalue weighted by atomic mass is 9.91. The maximum absolute atomic E-state index is 3.10. The molecule has 1 heteroatoms. The van der Waals surface area contributed by atoms with Crippen molar-refractivity contribution in [2.75, 3.05) is 4.90 Å². The van der Waals surface area contributed by atoms with E-state index in [2.05, 4.69) is 229 Å². The lowest BCUT2D eigenvalue weighted by Gasteiger charge is -2.27. The highest BCUT2D eigenvalue weighted by Crippen LogP contribution is 2.42. The van der Waals surface area contributed by atoms with Crippen molar-refractivity contribution >= 4 is 17.1 Å². The van der Waals surface area contributed by atoms with Crippen LogP contribution in [-0.2, 0) is 0 Å². The van der Waals surface area contributed by atoms with E-state index in [0.29, 0.717) is 0 Å². The summed E-state index contributed by atoms with van der Waals surface area (Å²) in [6, 6.07) is 86.3. The van der Waals surface area contributed by atoms with Gasteiger partial charge in [0, 0.05) is 17.1 Å². The van der Waals surface area contributed by atoms with Crippen molar-refractivity contribution in [2.24, 2.45) is 0 Å². The van der Waals surface area contributed by atoms with Crippen molar-refractivity contribution in [2.45, 2.75) is 0 Å². The van der Waals surface area contributed by atoms with Crippen LogP contribution in [0, 0.1) is 12.1 Å². The van der Waals surface area contributed by atoms with Crippen LogP contribution in [0.1, 0.15) is 0 Å². The standard InChI is InChI=1S/C54H37N/c1-5-13-40(14-6-1)44-21-25-48(26-22-44)53-38-37-52(39-54(53)49-27-23-45(24-28-49)41-15-7-2-8-16-41)55(50-33-29-46(30-34-50)42-17-9-3-10-18-42)51-35-31-47(32-36-51)43-19-11-4-12-20-43/h1,3-7,9-39H. The maximum Gasteiger partial charge on any atom is 0.0468 e. The molecule has 0 aromatic heterocycles. The molecule has 0 N–H and O–H groups in total. The van der Waals surface area contributed by atoms with Crippen molar-refractivity contribution in [1.29, 1.82) is 0 Å². The molecule has 0 saturated heterocycles. The van der Waals surface area contributed by atoms with Gasteiger partial charge in [0.25, 0.3) is 0 Å². The van der Waals surface area contributed by atoms with Crippen LogP contribution in [0.3, 0.4) is 0 Å². The first-order chi connectivity index (χ1) is 27.3. The first-order valence-electron chi connectivity index (χ1n) is 18.7. The quantitative estimate of drug-likeness (QED) is 0.145. The molecule has 9 aromatic carbocycles. The molecule has 0 heterocycles. The molecule has 1 nitrogen and oxygen atoms in total. The predicted molar refractivity (Wildman–Crippen MR) is 231 cm³/mol. The monoisotopic (exact) mass is 699 g/mol. The normalized spacial score (nSPS) is 10.8. The van der Waals surface area contributed by atoms with Crippen LogP contribution < -0.4 is 4.90 Å². The van der Waals surface area contributed by atoms with E-state index >= 15 is 0 Å². The van der Waals surface area contributed by atoms with Gasteiger partial charge in [0.1, 0.15) is 0 Å². The molecule has 258 valence electrons. The average Bonchev–Trinajstić information content (AvgIpc) is 3.28. The smallest absolute Gasteiger partial charge is 0.0468 e. The Hall–Kier alpha value is -7.40. The van der Waals surface area contributed by atoms with Gasteiger partial charge in [-0.15, -0.1) is 0 Å². The molecule has 0 aliphatic carbocycles. The molecule has 9 rings (SSSR count). The van der Waals surface area contributed by atoms with Crippen molar-refractivity contribution in [3.05, 3.63) is 237 Å². The Bertz CT molecular complexity index is 2530. The second kappa shape index (κ2) is 15.3. The van der Waals surface area contributed by atoms with Gasteiger partial charge in [-0.2, -0.15) is 0 Å². The Morgan fingerprint density at radius 1 is 0.255 bits per heavy atom. The van der Waals surface area contributed by atoms with Crippen molar-refractivity contribution < 1.29 is 0 Å². The topological polar surface area (TPSA) is 3.24 Å². The molecular formula is C54H37N. The lowest BCUT2D eigenvalue weighted by molar-refractivity contribution is 1.28. The van der Waals surface area contributed by atoms with Crippen LogP contribution in [0.4, 0.5) is 17.1 Å². The van der Waals surface area contributed by atoms with E-state index in [1.54, 1.807) is 0 Å². The molecule has 0 fully saturated rings. The van der Waals surface area contributed by atoms with E-state index in [1.165, 1.54) is 44.5 Å². The van der Waals surface area contributed by atoms with E-state index < -0.39 is 0 Å². The third-order valence-electron chi connectivity index (χ3n) is 10.2. The molecule has 0 aliphatic heterocycles. The summed E-state index contributed by atoms with van der Waals surface area (Å²) in [4.78, 5) is 2.36. The van der Waals surface area contributed by atoms with Crippen molar-refractivity contribution in [1.82, 2.24) is 0 Å². The van der Waals surface area contributed by atoms with Gasteiger partial charge in [0.2, 0.25) is 0 Å². The number of benzene rings is 8. The highest BCUT2D eigenvalue weighted by Gasteiger charge is 2.17. The van der Waals surface area contributed by atoms with Crippen LogP contribution in [0.25, 0.3) is 66.8 Å². The van der Waals surface area contributed by atoms with Crippen LogP contribution in [0.5, 0.6) is 0 Å². The van der Waals surface area contributed by atoms with Gasteiger partial charge in [-0.1, -0.05) is 182 Å². The van der Waals surface area contributed by atoms with Crippen molar-refractivity contribution in [3.8, 4) is 66.8 Å². The molecule has 0 bridgehead atoms. The maximum atomic E-state index is 3.10. The first-order valence-corrected chi connectivity index (χ1v) is 18.7. The van der Waals surface area contributed by atoms with E-state index in [1.807, 2.05) is 12.1 Å². The number of anilines is 3. The van der Waals surface area contributed by atoms with Gasteiger partial charge in [0.05, 0.1) is 0 Å². The number of hydrogen-bond acceptors (Lipinski definition) is 1. The molecule has 0 radical (unpaired) electrons. The first kappa shape index (κ1) is 33.4. The Morgan fingerprint density at radius 2 is 0.618 bits per heavy atom. The second-order valence-electron chi connectivity index (χ2n) is 13.6. The summed E-state index contributed by atoms with van der Waals surface area (Å²) in [7, 11) is 0. The summed E-state index contributed by atoms with van der Waals surface area (Å²) >= 11 is 0. The third-order valence-corrected chi connectivity index (χ3v) is 10.2. The van der Waals surface area contributed by atoms with E-state index in [-0.39, 0.29) is 0 Å². The largest absolute Gasteiger partial charge is 0.310 e. The fourth-order valence-corrected chi connectivity index (χ4v) is 7.32. The summed E-state index contributed by atoms with van der Waals surface area (Å²) in [5.41, 5.74) is 17.4. The van der Waals surface area contributed by atoms with Gasteiger partial charge in [-0.3, -0.25) is 0 Å². The predicted octanol–water partition coefficient (Wildman–Crippen LogP) is 14.8. The molecule has 0 spiro atoms. The minimum absolute atomic E-state index is 1.08. The number of rotatable bonds is 9. The molecule has 0 aliphatic rings. The van der Waals surface area contributed by atoms with Gasteiger partial charge in [-0.25, -0.2) is 0 Å². The zero-order chi connectivity index (χ0) is 36.8. The van der Waals surface area contributed by atoms with Crippen LogP contribution in [0.15, 0.2) is 224 Å². The van der Waals surface area contributed by atoms with Gasteiger partial charge < -0.3 is 4.90 Å². The summed E-state index contributed by atoms with van der Waals surface area (Å²) in [6.45, 7) is 0. The summed E-state index contributed by atoms with van der Waals surface area (Å²) < 4.78 is 0. The molecule has 0 unspecified atom stereocenters. The number of hydrogen-bond donors (Lipinski definition) is 0. The SMILES string of the molecule is c1ccc(-c2ccc(-c3cc(N(c4ccc(-c5ccccc5)cc4)c4ccc(-c5ccccc5)cc4)ccc3-c3ccc(-c4ccccc4)cc3)cc2)cc#1. The highest BCUT2D eigenvalue weighted by molar-refractivity contribution is 5.90. The summed E-state index contributed by atoms with van der Waals surface area (Å²) in [5.74, 6) is 0. The summed E-state index contributed by atoms with van der Waals surface area (Å²) in [6.07, 6.45) is 0. The molecule has 0 amide bonds. The molecule has 0 saturated carbocycles. The van der Waals surface area contributed by atoms with Gasteiger partial charge in [0.15, 0.2) is 0 Å². The Balaban J connectivity index is 1.17. The minimum Gasteiger partial charge on any atom is -0.310 e. The van der Waals surface area contributed by atoms with Gasteiger partial charge >= 0.3 is 0 Å². The lowest BCUT2D eigenvalue weighted by Crippen LogP contribution is -2.10. The van der Waals surface area contributed by atoms with E-state index in [9.17, 15) is 0 Å². The zero-order valence-corrected chi connectivity index (χ0v) is 30.3. The Morgan fingerprint density at radius 3 is 1.05 bits per heavy atom. The van der Waals surface area contributed by atoms with E-state index in [4.69, 9.17) is 0 Å². The van der Waals surface area contributed by atoms with Crippen LogP contribution in [-0.4, -0.2) is 0 Å². The van der Waals surface area contributed by atoms with E-state index in [0.717, 1.165) is 39.3 Å². The zero-order valence-electron chi connectivity index (χ0n) is 30.3. The third kappa shape index (κ3) is 7.18. The molecule has 0 atom stereocenters. The van der Waals surface area contributed by atoms with Crippen molar-refractivity contribution in [3.63, 3.8) is 0 Å². The molecule has 9 aromatic rings. The molecular weight excluding hydrogens is 663 g/mol. The van der Waals surface area contributed by atoms with Gasteiger partial charge in [-0.05, 0) is 121 Å². The Kier molecular flexibility index (Phi) is 9.30. The fourth-order valence-electron chi connectivity index (χ4n) is 7.32. The minimum atomic E-state index is 1.08. The average molecular weight is 700 g/mol. The Labute approximate surface area is 324 Å². The summed E-state index contributed by atoms with van der Waals surface area (Å²) in [5, 5.41) is 0. The van der Waals surface area contributed by atoms with Crippen LogP contribution >= 0.6 is 0 Å². The second-order valence-corrected chi connectivity index (χ2v) is 13.6.